The number of aromatic nitrogens is 3. The number of benzene rings is 2. The van der Waals surface area contributed by atoms with Crippen molar-refractivity contribution < 1.29 is 9.53 Å². The predicted molar refractivity (Wildman–Crippen MR) is 119 cm³/mol. The molecule has 3 rings (SSSR count). The first-order chi connectivity index (χ1) is 14.0. The number of carbonyl (C=O) groups excluding carboxylic acids is 1. The van der Waals surface area contributed by atoms with Gasteiger partial charge in [-0.15, -0.1) is 10.2 Å². The summed E-state index contributed by atoms with van der Waals surface area (Å²) in [5.74, 6) is 1.69. The van der Waals surface area contributed by atoms with Gasteiger partial charge in [0.05, 0.1) is 5.75 Å². The van der Waals surface area contributed by atoms with E-state index in [1.807, 2.05) is 67.8 Å². The fourth-order valence-corrected chi connectivity index (χ4v) is 3.88. The van der Waals surface area contributed by atoms with Gasteiger partial charge >= 0.3 is 0 Å². The highest BCUT2D eigenvalue weighted by Crippen LogP contribution is 2.21. The lowest BCUT2D eigenvalue weighted by Crippen LogP contribution is -2.15. The molecule has 29 heavy (non-hydrogen) atoms. The molecule has 1 amide bonds. The second-order valence-corrected chi connectivity index (χ2v) is 8.40. The first kappa shape index (κ1) is 21.4. The Labute approximate surface area is 183 Å². The van der Waals surface area contributed by atoms with E-state index in [1.54, 1.807) is 0 Å². The van der Waals surface area contributed by atoms with E-state index in [0.29, 0.717) is 18.3 Å². The molecule has 2 aromatic carbocycles. The van der Waals surface area contributed by atoms with Crippen molar-refractivity contribution in [3.05, 3.63) is 63.9 Å². The molecule has 0 fully saturated rings. The summed E-state index contributed by atoms with van der Waals surface area (Å²) < 4.78 is 8.76. The van der Waals surface area contributed by atoms with E-state index < -0.39 is 0 Å². The van der Waals surface area contributed by atoms with Gasteiger partial charge in [-0.05, 0) is 56.7 Å². The number of nitrogens with zero attached hydrogens (tertiary/aromatic N) is 3. The average molecular weight is 475 g/mol. The molecule has 0 aliphatic heterocycles. The lowest BCUT2D eigenvalue weighted by molar-refractivity contribution is -0.113. The standard InChI is InChI=1S/C21H23BrN4O2S/c1-4-26-19(12-28-17-8-6-16(22)7-9-17)24-25-21(26)29-13-20(27)23-18-10-5-14(2)11-15(18)3/h5-11H,4,12-13H2,1-3H3,(H,23,27). The second-order valence-electron chi connectivity index (χ2n) is 6.54. The number of ether oxygens (including phenoxy) is 1. The molecule has 1 aromatic heterocycles. The zero-order valence-electron chi connectivity index (χ0n) is 16.6. The highest BCUT2D eigenvalue weighted by molar-refractivity contribution is 9.10. The SMILES string of the molecule is CCn1c(COc2ccc(Br)cc2)nnc1SCC(=O)Nc1ccc(C)cc1C. The topological polar surface area (TPSA) is 69.0 Å². The van der Waals surface area contributed by atoms with E-state index in [1.165, 1.54) is 17.3 Å². The summed E-state index contributed by atoms with van der Waals surface area (Å²) in [6.45, 7) is 7.06. The Hall–Kier alpha value is -2.32. The highest BCUT2D eigenvalue weighted by Gasteiger charge is 2.14. The number of hydrogen-bond acceptors (Lipinski definition) is 5. The Balaban J connectivity index is 1.58. The maximum Gasteiger partial charge on any atom is 0.234 e. The van der Waals surface area contributed by atoms with Crippen LogP contribution >= 0.6 is 27.7 Å². The molecule has 1 heterocycles. The Morgan fingerprint density at radius 3 is 2.62 bits per heavy atom. The van der Waals surface area contributed by atoms with Crippen LogP contribution in [0.5, 0.6) is 5.75 Å². The van der Waals surface area contributed by atoms with Gasteiger partial charge in [-0.2, -0.15) is 0 Å². The lowest BCUT2D eigenvalue weighted by Gasteiger charge is -2.10. The van der Waals surface area contributed by atoms with Crippen LogP contribution in [0, 0.1) is 13.8 Å². The fourth-order valence-electron chi connectivity index (χ4n) is 2.80. The van der Waals surface area contributed by atoms with Gasteiger partial charge in [-0.25, -0.2) is 0 Å². The van der Waals surface area contributed by atoms with E-state index in [4.69, 9.17) is 4.74 Å². The van der Waals surface area contributed by atoms with Crippen LogP contribution in [0.3, 0.4) is 0 Å². The van der Waals surface area contributed by atoms with Crippen LogP contribution < -0.4 is 10.1 Å². The van der Waals surface area contributed by atoms with Crippen molar-refractivity contribution in [2.75, 3.05) is 11.1 Å². The highest BCUT2D eigenvalue weighted by atomic mass is 79.9. The number of carbonyl (C=O) groups is 1. The minimum absolute atomic E-state index is 0.0692. The quantitative estimate of drug-likeness (QED) is 0.465. The minimum atomic E-state index is -0.0692. The molecule has 152 valence electrons. The molecule has 6 nitrogen and oxygen atoms in total. The first-order valence-corrected chi connectivity index (χ1v) is 11.0. The molecule has 0 saturated carbocycles. The molecular formula is C21H23BrN4O2S. The molecule has 1 N–H and O–H groups in total. The minimum Gasteiger partial charge on any atom is -0.486 e. The zero-order chi connectivity index (χ0) is 20.8. The molecule has 0 atom stereocenters. The molecule has 0 saturated heterocycles. The summed E-state index contributed by atoms with van der Waals surface area (Å²) in [6, 6.07) is 13.6. The van der Waals surface area contributed by atoms with Gasteiger partial charge in [0.1, 0.15) is 12.4 Å². The Kier molecular flexibility index (Phi) is 7.33. The van der Waals surface area contributed by atoms with Gasteiger partial charge in [0.2, 0.25) is 5.91 Å². The van der Waals surface area contributed by atoms with Crippen LogP contribution in [0.15, 0.2) is 52.1 Å². The van der Waals surface area contributed by atoms with Crippen molar-refractivity contribution >= 4 is 39.3 Å². The normalized spacial score (nSPS) is 10.8. The van der Waals surface area contributed by atoms with Crippen molar-refractivity contribution in [2.24, 2.45) is 0 Å². The number of thioether (sulfide) groups is 1. The molecule has 0 aliphatic carbocycles. The van der Waals surface area contributed by atoms with Gasteiger partial charge in [0.25, 0.3) is 0 Å². The van der Waals surface area contributed by atoms with Gasteiger partial charge in [-0.3, -0.25) is 4.79 Å². The van der Waals surface area contributed by atoms with E-state index in [9.17, 15) is 4.79 Å². The summed E-state index contributed by atoms with van der Waals surface area (Å²) in [5, 5.41) is 12.1. The molecule has 8 heteroatoms. The lowest BCUT2D eigenvalue weighted by atomic mass is 10.1. The van der Waals surface area contributed by atoms with Crippen molar-refractivity contribution in [3.63, 3.8) is 0 Å². The number of anilines is 1. The molecule has 0 aliphatic rings. The summed E-state index contributed by atoms with van der Waals surface area (Å²) in [6.07, 6.45) is 0. The third-order valence-electron chi connectivity index (χ3n) is 4.28. The van der Waals surface area contributed by atoms with Crippen LogP contribution in [-0.2, 0) is 17.9 Å². The Morgan fingerprint density at radius 1 is 1.17 bits per heavy atom. The monoisotopic (exact) mass is 474 g/mol. The van der Waals surface area contributed by atoms with E-state index >= 15 is 0 Å². The number of halogens is 1. The van der Waals surface area contributed by atoms with E-state index in [-0.39, 0.29) is 11.7 Å². The molecule has 0 radical (unpaired) electrons. The van der Waals surface area contributed by atoms with Gasteiger partial charge in [0, 0.05) is 16.7 Å². The van der Waals surface area contributed by atoms with Gasteiger partial charge in [0.15, 0.2) is 11.0 Å². The second kappa shape index (κ2) is 9.93. The Morgan fingerprint density at radius 2 is 1.93 bits per heavy atom. The maximum atomic E-state index is 12.3. The van der Waals surface area contributed by atoms with E-state index in [0.717, 1.165) is 27.3 Å². The summed E-state index contributed by atoms with van der Waals surface area (Å²) >= 11 is 4.77. The number of nitrogens with one attached hydrogen (secondary N) is 1. The molecule has 0 unspecified atom stereocenters. The van der Waals surface area contributed by atoms with Crippen molar-refractivity contribution in [1.82, 2.24) is 14.8 Å². The zero-order valence-corrected chi connectivity index (χ0v) is 19.0. The third-order valence-corrected chi connectivity index (χ3v) is 5.78. The number of hydrogen-bond donors (Lipinski definition) is 1. The predicted octanol–water partition coefficient (Wildman–Crippen LogP) is 4.99. The van der Waals surface area contributed by atoms with E-state index in [2.05, 4.69) is 31.4 Å². The van der Waals surface area contributed by atoms with Crippen LogP contribution in [-0.4, -0.2) is 26.4 Å². The third kappa shape index (κ3) is 5.83. The molecule has 0 bridgehead atoms. The molecule has 0 spiro atoms. The van der Waals surface area contributed by atoms with Gasteiger partial charge < -0.3 is 14.6 Å². The largest absolute Gasteiger partial charge is 0.486 e. The summed E-state index contributed by atoms with van der Waals surface area (Å²) in [4.78, 5) is 12.3. The summed E-state index contributed by atoms with van der Waals surface area (Å²) in [5.41, 5.74) is 3.05. The van der Waals surface area contributed by atoms with Crippen LogP contribution in [0.25, 0.3) is 0 Å². The van der Waals surface area contributed by atoms with Crippen LogP contribution in [0.1, 0.15) is 23.9 Å². The van der Waals surface area contributed by atoms with Crippen LogP contribution in [0.4, 0.5) is 5.69 Å². The number of rotatable bonds is 8. The summed E-state index contributed by atoms with van der Waals surface area (Å²) in [7, 11) is 0. The first-order valence-electron chi connectivity index (χ1n) is 9.26. The maximum absolute atomic E-state index is 12.3. The number of amides is 1. The van der Waals surface area contributed by atoms with Crippen molar-refractivity contribution in [1.29, 1.82) is 0 Å². The van der Waals surface area contributed by atoms with Crippen LogP contribution in [0.2, 0.25) is 0 Å². The number of aryl methyl sites for hydroxylation is 2. The fraction of sp³-hybridized carbons (Fsp3) is 0.286. The van der Waals surface area contributed by atoms with Gasteiger partial charge in [-0.1, -0.05) is 45.4 Å². The smallest absolute Gasteiger partial charge is 0.234 e. The molecular weight excluding hydrogens is 452 g/mol. The van der Waals surface area contributed by atoms with Crippen molar-refractivity contribution in [3.8, 4) is 5.75 Å². The van der Waals surface area contributed by atoms with Crippen molar-refractivity contribution in [2.45, 2.75) is 39.1 Å². The Bertz CT molecular complexity index is 989. The average Bonchev–Trinajstić information content (AvgIpc) is 3.10. The molecule has 3 aromatic rings.